The Morgan fingerprint density at radius 2 is 2.31 bits per heavy atom. The van der Waals surface area contributed by atoms with Crippen LogP contribution in [0, 0.1) is 10.1 Å². The van der Waals surface area contributed by atoms with E-state index in [-0.39, 0.29) is 17.2 Å². The molecule has 0 saturated carbocycles. The van der Waals surface area contributed by atoms with Crippen molar-refractivity contribution in [3.8, 4) is 0 Å². The third-order valence-corrected chi connectivity index (χ3v) is 2.50. The molecule has 1 aromatic carbocycles. The number of nitro groups is 1. The van der Waals surface area contributed by atoms with E-state index in [4.69, 9.17) is 0 Å². The number of carbonyl (C=O) groups excluding carboxylic acids is 1. The Labute approximate surface area is 100 Å². The van der Waals surface area contributed by atoms with E-state index in [1.807, 2.05) is 0 Å². The number of nitrogens with zero attached hydrogens (tertiary/aromatic N) is 1. The zero-order valence-corrected chi connectivity index (χ0v) is 9.86. The number of carbonyl (C=O) groups is 1. The van der Waals surface area contributed by atoms with E-state index in [0.717, 1.165) is 0 Å². The third kappa shape index (κ3) is 2.90. The minimum absolute atomic E-state index is 0.119. The van der Waals surface area contributed by atoms with Crippen molar-refractivity contribution in [3.05, 3.63) is 51.0 Å². The number of rotatable bonds is 4. The second-order valence-corrected chi connectivity index (χ2v) is 3.77. The van der Waals surface area contributed by atoms with E-state index in [1.165, 1.54) is 24.3 Å². The standard InChI is InChI=1S/C10H9BrN2O3/c1-2-5-12-10(14)8-6-7(13(15)16)3-4-9(8)11/h2-4,6H,1,5H2,(H,12,14). The average Bonchev–Trinajstić information content (AvgIpc) is 2.26. The highest BCUT2D eigenvalue weighted by atomic mass is 79.9. The fourth-order valence-electron chi connectivity index (χ4n) is 1.06. The van der Waals surface area contributed by atoms with Crippen molar-refractivity contribution in [1.82, 2.24) is 5.32 Å². The fraction of sp³-hybridized carbons (Fsp3) is 0.100. The Bertz CT molecular complexity index is 446. The predicted molar refractivity (Wildman–Crippen MR) is 63.3 cm³/mol. The highest BCUT2D eigenvalue weighted by Crippen LogP contribution is 2.22. The first kappa shape index (κ1) is 12.4. The van der Waals surface area contributed by atoms with Gasteiger partial charge in [0.1, 0.15) is 0 Å². The molecule has 0 unspecified atom stereocenters. The van der Waals surface area contributed by atoms with Crippen LogP contribution < -0.4 is 5.32 Å². The van der Waals surface area contributed by atoms with E-state index in [0.29, 0.717) is 11.0 Å². The maximum absolute atomic E-state index is 11.6. The summed E-state index contributed by atoms with van der Waals surface area (Å²) in [6.07, 6.45) is 1.53. The van der Waals surface area contributed by atoms with Crippen LogP contribution in [-0.2, 0) is 0 Å². The number of hydrogen-bond acceptors (Lipinski definition) is 3. The van der Waals surface area contributed by atoms with Gasteiger partial charge in [-0.15, -0.1) is 6.58 Å². The molecule has 5 nitrogen and oxygen atoms in total. The number of hydrogen-bond donors (Lipinski definition) is 1. The van der Waals surface area contributed by atoms with Crippen LogP contribution in [0.15, 0.2) is 35.3 Å². The molecule has 0 radical (unpaired) electrons. The molecule has 0 aromatic heterocycles. The molecular weight excluding hydrogens is 276 g/mol. The SMILES string of the molecule is C=CCNC(=O)c1cc([N+](=O)[O-])ccc1Br. The molecule has 0 heterocycles. The van der Waals surface area contributed by atoms with E-state index in [2.05, 4.69) is 27.8 Å². The Morgan fingerprint density at radius 3 is 2.88 bits per heavy atom. The lowest BCUT2D eigenvalue weighted by molar-refractivity contribution is -0.384. The molecule has 1 rings (SSSR count). The van der Waals surface area contributed by atoms with Crippen molar-refractivity contribution in [2.75, 3.05) is 6.54 Å². The van der Waals surface area contributed by atoms with E-state index in [1.54, 1.807) is 0 Å². The largest absolute Gasteiger partial charge is 0.349 e. The third-order valence-electron chi connectivity index (χ3n) is 1.81. The van der Waals surface area contributed by atoms with E-state index < -0.39 is 4.92 Å². The Kier molecular flexibility index (Phi) is 4.19. The lowest BCUT2D eigenvalue weighted by Gasteiger charge is -2.04. The molecule has 0 spiro atoms. The molecule has 16 heavy (non-hydrogen) atoms. The molecule has 0 bridgehead atoms. The van der Waals surface area contributed by atoms with Gasteiger partial charge in [-0.2, -0.15) is 0 Å². The molecule has 84 valence electrons. The maximum Gasteiger partial charge on any atom is 0.270 e. The Morgan fingerprint density at radius 1 is 1.62 bits per heavy atom. The number of benzene rings is 1. The molecule has 1 N–H and O–H groups in total. The molecule has 6 heteroatoms. The molecule has 0 aliphatic rings. The Hall–Kier alpha value is -1.69. The number of non-ortho nitro benzene ring substituents is 1. The van der Waals surface area contributed by atoms with Gasteiger partial charge in [0.25, 0.3) is 11.6 Å². The molecule has 0 atom stereocenters. The summed E-state index contributed by atoms with van der Waals surface area (Å²) < 4.78 is 0.514. The fourth-order valence-corrected chi connectivity index (χ4v) is 1.49. The van der Waals surface area contributed by atoms with Crippen LogP contribution in [-0.4, -0.2) is 17.4 Å². The molecule has 0 fully saturated rings. The second kappa shape index (κ2) is 5.41. The summed E-state index contributed by atoms with van der Waals surface area (Å²) in [6, 6.07) is 4.03. The first-order valence-corrected chi connectivity index (χ1v) is 5.18. The molecule has 0 aliphatic heterocycles. The van der Waals surface area contributed by atoms with Gasteiger partial charge >= 0.3 is 0 Å². The zero-order valence-electron chi connectivity index (χ0n) is 8.27. The van der Waals surface area contributed by atoms with Crippen molar-refractivity contribution < 1.29 is 9.72 Å². The zero-order chi connectivity index (χ0) is 12.1. The number of halogens is 1. The molecule has 0 saturated heterocycles. The van der Waals surface area contributed by atoms with Crippen molar-refractivity contribution in [2.45, 2.75) is 0 Å². The van der Waals surface area contributed by atoms with Crippen LogP contribution in [0.2, 0.25) is 0 Å². The summed E-state index contributed by atoms with van der Waals surface area (Å²) in [4.78, 5) is 21.6. The van der Waals surface area contributed by atoms with Crippen LogP contribution >= 0.6 is 15.9 Å². The van der Waals surface area contributed by atoms with Crippen LogP contribution in [0.4, 0.5) is 5.69 Å². The first-order valence-electron chi connectivity index (χ1n) is 4.39. The van der Waals surface area contributed by atoms with Gasteiger partial charge in [0.15, 0.2) is 0 Å². The molecular formula is C10H9BrN2O3. The van der Waals surface area contributed by atoms with Crippen LogP contribution in [0.25, 0.3) is 0 Å². The first-order chi connectivity index (χ1) is 7.56. The summed E-state index contributed by atoms with van der Waals surface area (Å²) in [5.74, 6) is -0.379. The van der Waals surface area contributed by atoms with Crippen molar-refractivity contribution in [1.29, 1.82) is 0 Å². The smallest absolute Gasteiger partial charge is 0.270 e. The molecule has 1 aromatic rings. The van der Waals surface area contributed by atoms with Crippen molar-refractivity contribution >= 4 is 27.5 Å². The van der Waals surface area contributed by atoms with Gasteiger partial charge in [-0.25, -0.2) is 0 Å². The van der Waals surface area contributed by atoms with Gasteiger partial charge in [-0.1, -0.05) is 6.08 Å². The predicted octanol–water partition coefficient (Wildman–Crippen LogP) is 2.27. The lowest BCUT2D eigenvalue weighted by atomic mass is 10.2. The maximum atomic E-state index is 11.6. The highest BCUT2D eigenvalue weighted by molar-refractivity contribution is 9.10. The van der Waals surface area contributed by atoms with Gasteiger partial charge in [0.05, 0.1) is 10.5 Å². The van der Waals surface area contributed by atoms with Gasteiger partial charge in [0.2, 0.25) is 0 Å². The molecule has 0 aliphatic carbocycles. The summed E-state index contributed by atoms with van der Waals surface area (Å²) in [5.41, 5.74) is 0.114. The summed E-state index contributed by atoms with van der Waals surface area (Å²) in [7, 11) is 0. The minimum atomic E-state index is -0.545. The van der Waals surface area contributed by atoms with Crippen molar-refractivity contribution in [3.63, 3.8) is 0 Å². The summed E-state index contributed by atoms with van der Waals surface area (Å²) in [6.45, 7) is 3.77. The summed E-state index contributed by atoms with van der Waals surface area (Å²) in [5, 5.41) is 13.1. The van der Waals surface area contributed by atoms with Crippen LogP contribution in [0.5, 0.6) is 0 Å². The molecule has 1 amide bonds. The quantitative estimate of drug-likeness (QED) is 0.524. The number of nitrogens with one attached hydrogen (secondary N) is 1. The van der Waals surface area contributed by atoms with Crippen LogP contribution in [0.3, 0.4) is 0 Å². The normalized spacial score (nSPS) is 9.56. The van der Waals surface area contributed by atoms with Gasteiger partial charge in [-0.05, 0) is 22.0 Å². The van der Waals surface area contributed by atoms with Crippen LogP contribution in [0.1, 0.15) is 10.4 Å². The number of nitro benzene ring substituents is 1. The number of amides is 1. The van der Waals surface area contributed by atoms with Gasteiger partial charge < -0.3 is 5.32 Å². The second-order valence-electron chi connectivity index (χ2n) is 2.92. The summed E-state index contributed by atoms with van der Waals surface area (Å²) >= 11 is 3.16. The minimum Gasteiger partial charge on any atom is -0.349 e. The Balaban J connectivity index is 3.02. The van der Waals surface area contributed by atoms with Gasteiger partial charge in [-0.3, -0.25) is 14.9 Å². The van der Waals surface area contributed by atoms with E-state index >= 15 is 0 Å². The topological polar surface area (TPSA) is 72.2 Å². The van der Waals surface area contributed by atoms with Crippen molar-refractivity contribution in [2.24, 2.45) is 0 Å². The monoisotopic (exact) mass is 284 g/mol. The average molecular weight is 285 g/mol. The van der Waals surface area contributed by atoms with Gasteiger partial charge in [0, 0.05) is 23.2 Å². The highest BCUT2D eigenvalue weighted by Gasteiger charge is 2.14. The van der Waals surface area contributed by atoms with E-state index in [9.17, 15) is 14.9 Å². The lowest BCUT2D eigenvalue weighted by Crippen LogP contribution is -2.23.